The van der Waals surface area contributed by atoms with Gasteiger partial charge in [0, 0.05) is 36.1 Å². The van der Waals surface area contributed by atoms with E-state index >= 15 is 0 Å². The summed E-state index contributed by atoms with van der Waals surface area (Å²) in [5, 5.41) is 4.76. The molecular weight excluding hydrogens is 420 g/mol. The molecule has 3 heterocycles. The number of nitrogens with one attached hydrogen (secondary N) is 1. The maximum Gasteiger partial charge on any atom is 0.341 e. The molecule has 1 amide bonds. The van der Waals surface area contributed by atoms with E-state index in [4.69, 9.17) is 16.3 Å². The fraction of sp³-hybridized carbons (Fsp3) is 0.273. The number of ketones is 1. The number of hydrogen-bond acceptors (Lipinski definition) is 5. The Kier molecular flexibility index (Phi) is 6.18. The van der Waals surface area contributed by atoms with Crippen LogP contribution in [0.1, 0.15) is 49.6 Å². The molecule has 31 heavy (non-hydrogen) atoms. The number of aromatic amines is 1. The van der Waals surface area contributed by atoms with Gasteiger partial charge in [-0.05, 0) is 30.5 Å². The summed E-state index contributed by atoms with van der Waals surface area (Å²) in [6.45, 7) is 1.43. The molecule has 0 atom stereocenters. The van der Waals surface area contributed by atoms with Crippen LogP contribution in [0, 0.1) is 0 Å². The molecule has 0 radical (unpaired) electrons. The maximum absolute atomic E-state index is 12.4. The number of nitrogens with zero attached hydrogens (tertiary/aromatic N) is 3. The van der Waals surface area contributed by atoms with Crippen molar-refractivity contribution < 1.29 is 19.1 Å². The van der Waals surface area contributed by atoms with Crippen molar-refractivity contribution in [2.24, 2.45) is 0 Å². The first-order valence-electron chi connectivity index (χ1n) is 9.95. The van der Waals surface area contributed by atoms with E-state index in [0.717, 1.165) is 31.5 Å². The fourth-order valence-electron chi connectivity index (χ4n) is 3.42. The molecule has 1 aliphatic heterocycles. The van der Waals surface area contributed by atoms with Gasteiger partial charge in [-0.1, -0.05) is 29.8 Å². The van der Waals surface area contributed by atoms with Crippen LogP contribution in [-0.4, -0.2) is 57.0 Å². The summed E-state index contributed by atoms with van der Waals surface area (Å²) in [4.78, 5) is 41.6. The van der Waals surface area contributed by atoms with Crippen LogP contribution in [-0.2, 0) is 11.3 Å². The van der Waals surface area contributed by atoms with E-state index in [-0.39, 0.29) is 11.5 Å². The van der Waals surface area contributed by atoms with Crippen LogP contribution in [0.25, 0.3) is 0 Å². The molecule has 1 fully saturated rings. The minimum Gasteiger partial charge on any atom is -0.454 e. The molecule has 0 bridgehead atoms. The number of Topliss-reactive ketones (excluding diaryl/α,β-unsaturated/α-hetero) is 1. The van der Waals surface area contributed by atoms with Crippen molar-refractivity contribution in [3.8, 4) is 0 Å². The molecule has 0 aliphatic carbocycles. The van der Waals surface area contributed by atoms with Crippen LogP contribution in [0.3, 0.4) is 0 Å². The third-order valence-corrected chi connectivity index (χ3v) is 5.49. The van der Waals surface area contributed by atoms with Gasteiger partial charge < -0.3 is 14.6 Å². The van der Waals surface area contributed by atoms with Gasteiger partial charge in [-0.25, -0.2) is 4.79 Å². The van der Waals surface area contributed by atoms with E-state index in [1.807, 2.05) is 18.2 Å². The fourth-order valence-corrected chi connectivity index (χ4v) is 3.62. The molecule has 1 saturated heterocycles. The second-order valence-electron chi connectivity index (χ2n) is 7.32. The first-order chi connectivity index (χ1) is 15.0. The Morgan fingerprint density at radius 3 is 2.68 bits per heavy atom. The molecule has 2 aromatic heterocycles. The molecule has 160 valence electrons. The van der Waals surface area contributed by atoms with E-state index < -0.39 is 18.4 Å². The molecule has 0 saturated carbocycles. The monoisotopic (exact) mass is 440 g/mol. The van der Waals surface area contributed by atoms with Crippen molar-refractivity contribution in [2.75, 3.05) is 19.7 Å². The zero-order chi connectivity index (χ0) is 21.8. The predicted molar refractivity (Wildman–Crippen MR) is 113 cm³/mol. The Morgan fingerprint density at radius 1 is 1.13 bits per heavy atom. The summed E-state index contributed by atoms with van der Waals surface area (Å²) in [5.74, 6) is -1.17. The SMILES string of the molecule is O=C(COC(=O)c1cnn(Cc2ccccc2Cl)c1)c1c[nH]c(C(=O)N2CCCC2)c1. The highest BCUT2D eigenvalue weighted by Gasteiger charge is 2.22. The van der Waals surface area contributed by atoms with Crippen molar-refractivity contribution >= 4 is 29.3 Å². The highest BCUT2D eigenvalue weighted by molar-refractivity contribution is 6.31. The number of benzene rings is 1. The summed E-state index contributed by atoms with van der Waals surface area (Å²) >= 11 is 6.15. The second-order valence-corrected chi connectivity index (χ2v) is 7.73. The molecule has 8 nitrogen and oxygen atoms in total. The zero-order valence-electron chi connectivity index (χ0n) is 16.7. The Bertz CT molecular complexity index is 1110. The number of ether oxygens (including phenoxy) is 1. The van der Waals surface area contributed by atoms with Gasteiger partial charge in [0.15, 0.2) is 6.61 Å². The van der Waals surface area contributed by atoms with Gasteiger partial charge in [0.2, 0.25) is 5.78 Å². The molecule has 1 N–H and O–H groups in total. The Labute approximate surface area is 183 Å². The van der Waals surface area contributed by atoms with Gasteiger partial charge in [-0.3, -0.25) is 14.3 Å². The molecule has 9 heteroatoms. The summed E-state index contributed by atoms with van der Waals surface area (Å²) in [7, 11) is 0. The van der Waals surface area contributed by atoms with E-state index in [0.29, 0.717) is 22.8 Å². The Morgan fingerprint density at radius 2 is 1.90 bits per heavy atom. The molecule has 1 aromatic carbocycles. The number of carbonyl (C=O) groups is 3. The van der Waals surface area contributed by atoms with Crippen LogP contribution in [0.2, 0.25) is 5.02 Å². The number of esters is 1. The predicted octanol–water partition coefficient (Wildman–Crippen LogP) is 3.19. The lowest BCUT2D eigenvalue weighted by atomic mass is 10.2. The first-order valence-corrected chi connectivity index (χ1v) is 10.3. The zero-order valence-corrected chi connectivity index (χ0v) is 17.5. The van der Waals surface area contributed by atoms with Gasteiger partial charge >= 0.3 is 5.97 Å². The largest absolute Gasteiger partial charge is 0.454 e. The number of carbonyl (C=O) groups excluding carboxylic acids is 3. The van der Waals surface area contributed by atoms with Gasteiger partial charge in [0.1, 0.15) is 5.69 Å². The normalized spacial score (nSPS) is 13.4. The molecule has 4 rings (SSSR count). The second kappa shape index (κ2) is 9.18. The van der Waals surface area contributed by atoms with Crippen LogP contribution in [0.5, 0.6) is 0 Å². The number of halogens is 1. The lowest BCUT2D eigenvalue weighted by Gasteiger charge is -2.13. The van der Waals surface area contributed by atoms with Gasteiger partial charge in [0.05, 0.1) is 18.3 Å². The smallest absolute Gasteiger partial charge is 0.341 e. The third kappa shape index (κ3) is 4.86. The van der Waals surface area contributed by atoms with Gasteiger partial charge in [-0.15, -0.1) is 0 Å². The number of aromatic nitrogens is 3. The summed E-state index contributed by atoms with van der Waals surface area (Å²) in [6, 6.07) is 8.87. The lowest BCUT2D eigenvalue weighted by Crippen LogP contribution is -2.27. The van der Waals surface area contributed by atoms with E-state index in [1.165, 1.54) is 18.5 Å². The lowest BCUT2D eigenvalue weighted by molar-refractivity contribution is 0.0474. The van der Waals surface area contributed by atoms with Crippen LogP contribution >= 0.6 is 11.6 Å². The van der Waals surface area contributed by atoms with Crippen molar-refractivity contribution in [3.05, 3.63) is 76.3 Å². The average molecular weight is 441 g/mol. The maximum atomic E-state index is 12.4. The Balaban J connectivity index is 1.32. The molecule has 0 spiro atoms. The Hall–Kier alpha value is -3.39. The summed E-state index contributed by atoms with van der Waals surface area (Å²) < 4.78 is 6.70. The standard InChI is InChI=1S/C22H21ClN4O4/c23-18-6-2-1-5-15(18)12-27-13-17(11-25-27)22(30)31-14-20(28)16-9-19(24-10-16)21(29)26-7-3-4-8-26/h1-2,5-6,9-11,13,24H,3-4,7-8,12,14H2. The van der Waals surface area contributed by atoms with E-state index in [1.54, 1.807) is 21.8 Å². The van der Waals surface area contributed by atoms with Crippen molar-refractivity contribution in [2.45, 2.75) is 19.4 Å². The van der Waals surface area contributed by atoms with E-state index in [9.17, 15) is 14.4 Å². The molecular formula is C22H21ClN4O4. The quantitative estimate of drug-likeness (QED) is 0.449. The summed E-state index contributed by atoms with van der Waals surface area (Å²) in [5.41, 5.74) is 1.76. The van der Waals surface area contributed by atoms with Gasteiger partial charge in [-0.2, -0.15) is 5.10 Å². The number of rotatable bonds is 7. The molecule has 3 aromatic rings. The average Bonchev–Trinajstić information content (AvgIpc) is 3.54. The minimum atomic E-state index is -0.650. The number of likely N-dealkylation sites (tertiary alicyclic amines) is 1. The van der Waals surface area contributed by atoms with Crippen LogP contribution < -0.4 is 0 Å². The topological polar surface area (TPSA) is 97.3 Å². The highest BCUT2D eigenvalue weighted by atomic mass is 35.5. The van der Waals surface area contributed by atoms with E-state index in [2.05, 4.69) is 10.1 Å². The molecule has 0 unspecified atom stereocenters. The van der Waals surface area contributed by atoms with Crippen molar-refractivity contribution in [1.29, 1.82) is 0 Å². The highest BCUT2D eigenvalue weighted by Crippen LogP contribution is 2.17. The van der Waals surface area contributed by atoms with Gasteiger partial charge in [0.25, 0.3) is 5.91 Å². The number of hydrogen-bond donors (Lipinski definition) is 1. The van der Waals surface area contributed by atoms with Crippen molar-refractivity contribution in [3.63, 3.8) is 0 Å². The number of amides is 1. The summed E-state index contributed by atoms with van der Waals surface area (Å²) in [6.07, 6.45) is 6.36. The van der Waals surface area contributed by atoms with Crippen molar-refractivity contribution in [1.82, 2.24) is 19.7 Å². The third-order valence-electron chi connectivity index (χ3n) is 5.12. The molecule has 1 aliphatic rings. The van der Waals surface area contributed by atoms with Crippen LogP contribution in [0.15, 0.2) is 48.9 Å². The first kappa shape index (κ1) is 20.9. The minimum absolute atomic E-state index is 0.125. The van der Waals surface area contributed by atoms with Crippen LogP contribution in [0.4, 0.5) is 0 Å². The number of H-pyrrole nitrogens is 1.